The molecule has 72 valence electrons. The van der Waals surface area contributed by atoms with Crippen molar-refractivity contribution in [1.82, 2.24) is 0 Å². The van der Waals surface area contributed by atoms with E-state index in [2.05, 4.69) is 0 Å². The third-order valence-electron chi connectivity index (χ3n) is 1.31. The van der Waals surface area contributed by atoms with Crippen molar-refractivity contribution in [3.05, 3.63) is 17.2 Å². The number of rotatable bonds is 1. The first-order chi connectivity index (χ1) is 5.82. The normalized spacial score (nSPS) is 10.7. The summed E-state index contributed by atoms with van der Waals surface area (Å²) < 4.78 is 29.9. The number of hydrogen-bond donors (Lipinski definition) is 2. The molecule has 5 nitrogen and oxygen atoms in total. The van der Waals surface area contributed by atoms with E-state index in [1.807, 2.05) is 0 Å². The van der Waals surface area contributed by atoms with E-state index in [0.717, 1.165) is 12.1 Å². The molecule has 0 amide bonds. The standard InChI is InChI=1S/C6H6ClNO4S.Na/c7-6-4(9)1-3(8)2-5(6)13(10,11)12;/h1-2,9H,8H2,(H,10,11,12);/q;+1/p-1. The Labute approximate surface area is 108 Å². The van der Waals surface area contributed by atoms with Crippen molar-refractivity contribution in [2.45, 2.75) is 4.90 Å². The van der Waals surface area contributed by atoms with Crippen molar-refractivity contribution in [3.8, 4) is 5.75 Å². The molecule has 0 unspecified atom stereocenters. The monoisotopic (exact) mass is 245 g/mol. The molecule has 3 N–H and O–H groups in total. The molecular weight excluding hydrogens is 241 g/mol. The average molecular weight is 246 g/mol. The van der Waals surface area contributed by atoms with E-state index < -0.39 is 25.8 Å². The van der Waals surface area contributed by atoms with Gasteiger partial charge in [-0.05, 0) is 12.1 Å². The third kappa shape index (κ3) is 3.01. The number of anilines is 1. The van der Waals surface area contributed by atoms with Crippen LogP contribution in [0.2, 0.25) is 5.02 Å². The molecule has 1 aromatic rings. The first-order valence-electron chi connectivity index (χ1n) is 3.06. The minimum atomic E-state index is -4.49. The van der Waals surface area contributed by atoms with Crippen LogP contribution in [0.3, 0.4) is 0 Å². The van der Waals surface area contributed by atoms with E-state index >= 15 is 0 Å². The zero-order chi connectivity index (χ0) is 10.2. The summed E-state index contributed by atoms with van der Waals surface area (Å²) in [5, 5.41) is 10.4. The van der Waals surface area contributed by atoms with Crippen molar-refractivity contribution in [2.24, 2.45) is 0 Å². The van der Waals surface area contributed by atoms with E-state index in [4.69, 9.17) is 21.9 Å². The summed E-state index contributed by atoms with van der Waals surface area (Å²) in [6.07, 6.45) is 0. The Morgan fingerprint density at radius 1 is 1.43 bits per heavy atom. The van der Waals surface area contributed by atoms with Crippen molar-refractivity contribution < 1.29 is 47.6 Å². The molecule has 0 saturated carbocycles. The summed E-state index contributed by atoms with van der Waals surface area (Å²) in [4.78, 5) is -0.667. The van der Waals surface area contributed by atoms with Gasteiger partial charge in [0.05, 0.1) is 5.02 Å². The number of nitrogen functional groups attached to an aromatic ring is 1. The Balaban J connectivity index is 0.00000169. The third-order valence-corrected chi connectivity index (χ3v) is 2.69. The van der Waals surface area contributed by atoms with Gasteiger partial charge in [-0.1, -0.05) is 17.4 Å². The molecule has 1 aromatic carbocycles. The summed E-state index contributed by atoms with van der Waals surface area (Å²) in [5.74, 6) is -0.741. The Kier molecular flexibility index (Phi) is 4.70. The zero-order valence-corrected chi connectivity index (χ0v) is 10.8. The van der Waals surface area contributed by atoms with Crippen LogP contribution >= 0.6 is 11.6 Å². The second-order valence-electron chi connectivity index (χ2n) is 2.31. The smallest absolute Gasteiger partial charge is 0.871 e. The molecule has 1 rings (SSSR count). The summed E-state index contributed by atoms with van der Waals surface area (Å²) in [7, 11) is -4.49. The van der Waals surface area contributed by atoms with Gasteiger partial charge in [0.1, 0.15) is 4.90 Å². The van der Waals surface area contributed by atoms with Gasteiger partial charge in [-0.15, -0.1) is 0 Å². The van der Waals surface area contributed by atoms with Crippen LogP contribution in [-0.2, 0) is 10.1 Å². The van der Waals surface area contributed by atoms with Gasteiger partial charge in [0.15, 0.2) is 0 Å². The van der Waals surface area contributed by atoms with E-state index in [1.165, 1.54) is 0 Å². The molecule has 0 aliphatic rings. The molecule has 0 aliphatic carbocycles. The molecule has 0 spiro atoms. The summed E-state index contributed by atoms with van der Waals surface area (Å²) in [6, 6.07) is 1.88. The van der Waals surface area contributed by atoms with E-state index in [1.54, 1.807) is 0 Å². The summed E-state index contributed by atoms with van der Waals surface area (Å²) >= 11 is 5.34. The predicted octanol–water partition coefficient (Wildman–Crippen LogP) is -2.75. The predicted molar refractivity (Wildman–Crippen MR) is 45.1 cm³/mol. The molecule has 0 aliphatic heterocycles. The molecule has 0 aromatic heterocycles. The first-order valence-corrected chi connectivity index (χ1v) is 4.87. The molecule has 0 atom stereocenters. The molecule has 0 bridgehead atoms. The summed E-state index contributed by atoms with van der Waals surface area (Å²) in [5.41, 5.74) is 5.12. The fourth-order valence-electron chi connectivity index (χ4n) is 0.780. The molecule has 14 heavy (non-hydrogen) atoms. The molecule has 0 fully saturated rings. The van der Waals surface area contributed by atoms with Crippen LogP contribution in [0.1, 0.15) is 0 Å². The fraction of sp³-hybridized carbons (Fsp3) is 0. The SMILES string of the molecule is Nc1cc([O-])c(Cl)c(S(=O)(=O)O)c1.[Na+]. The van der Waals surface area contributed by atoms with Gasteiger partial charge in [0.2, 0.25) is 0 Å². The van der Waals surface area contributed by atoms with Crippen LogP contribution in [0, 0.1) is 0 Å². The van der Waals surface area contributed by atoms with Crippen molar-refractivity contribution >= 4 is 27.4 Å². The topological polar surface area (TPSA) is 103 Å². The number of halogens is 1. The van der Waals surface area contributed by atoms with Crippen LogP contribution in [0.25, 0.3) is 0 Å². The van der Waals surface area contributed by atoms with Crippen molar-refractivity contribution in [2.75, 3.05) is 5.73 Å². The maximum atomic E-state index is 10.9. The Morgan fingerprint density at radius 3 is 2.36 bits per heavy atom. The van der Waals surface area contributed by atoms with Crippen molar-refractivity contribution in [3.63, 3.8) is 0 Å². The molecular formula is C6H5ClNNaO4S. The van der Waals surface area contributed by atoms with E-state index in [9.17, 15) is 13.5 Å². The fourth-order valence-corrected chi connectivity index (χ4v) is 1.79. The molecule has 8 heteroatoms. The largest absolute Gasteiger partial charge is 1.00 e. The van der Waals surface area contributed by atoms with Gasteiger partial charge in [-0.2, -0.15) is 8.42 Å². The number of hydrogen-bond acceptors (Lipinski definition) is 4. The van der Waals surface area contributed by atoms with Crippen molar-refractivity contribution in [1.29, 1.82) is 0 Å². The Hall–Kier alpha value is 0.0200. The quantitative estimate of drug-likeness (QED) is 0.317. The van der Waals surface area contributed by atoms with Crippen LogP contribution in [-0.4, -0.2) is 13.0 Å². The second kappa shape index (κ2) is 4.69. The molecule has 0 radical (unpaired) electrons. The van der Waals surface area contributed by atoms with Gasteiger partial charge < -0.3 is 10.8 Å². The van der Waals surface area contributed by atoms with E-state index in [-0.39, 0.29) is 35.2 Å². The maximum Gasteiger partial charge on any atom is 1.00 e. The average Bonchev–Trinajstić information content (AvgIpc) is 1.94. The van der Waals surface area contributed by atoms with Gasteiger partial charge in [0.25, 0.3) is 10.1 Å². The van der Waals surface area contributed by atoms with Gasteiger partial charge in [-0.3, -0.25) is 4.55 Å². The second-order valence-corrected chi connectivity index (χ2v) is 4.07. The van der Waals surface area contributed by atoms with Gasteiger partial charge in [-0.25, -0.2) is 0 Å². The molecule has 0 heterocycles. The van der Waals surface area contributed by atoms with Crippen LogP contribution < -0.4 is 40.4 Å². The minimum Gasteiger partial charge on any atom is -0.871 e. The van der Waals surface area contributed by atoms with Gasteiger partial charge >= 0.3 is 29.6 Å². The number of benzene rings is 1. The van der Waals surface area contributed by atoms with E-state index in [0.29, 0.717) is 0 Å². The first kappa shape index (κ1) is 14.0. The number of nitrogens with two attached hydrogens (primary N) is 1. The van der Waals surface area contributed by atoms with Crippen LogP contribution in [0.5, 0.6) is 5.75 Å². The Bertz CT molecular complexity index is 447. The van der Waals surface area contributed by atoms with Crippen LogP contribution in [0.4, 0.5) is 5.69 Å². The molecule has 0 saturated heterocycles. The minimum absolute atomic E-state index is 0. The Morgan fingerprint density at radius 2 is 1.93 bits per heavy atom. The summed E-state index contributed by atoms with van der Waals surface area (Å²) in [6.45, 7) is 0. The maximum absolute atomic E-state index is 10.9. The zero-order valence-electron chi connectivity index (χ0n) is 7.19. The van der Waals surface area contributed by atoms with Crippen LogP contribution in [0.15, 0.2) is 17.0 Å². The van der Waals surface area contributed by atoms with Gasteiger partial charge in [0, 0.05) is 5.69 Å².